The zero-order chi connectivity index (χ0) is 17.7. The van der Waals surface area contributed by atoms with Crippen LogP contribution in [0.1, 0.15) is 27.7 Å². The van der Waals surface area contributed by atoms with Crippen LogP contribution in [0.25, 0.3) is 16.9 Å². The van der Waals surface area contributed by atoms with Crippen LogP contribution in [0.15, 0.2) is 42.5 Å². The number of carboxylic acids is 1. The highest BCUT2D eigenvalue weighted by molar-refractivity contribution is 5.87. The van der Waals surface area contributed by atoms with Crippen molar-refractivity contribution in [1.29, 1.82) is 0 Å². The van der Waals surface area contributed by atoms with Crippen molar-refractivity contribution < 1.29 is 23.4 Å². The largest absolute Gasteiger partial charge is 0.496 e. The Bertz CT molecular complexity index is 996. The van der Waals surface area contributed by atoms with Crippen LogP contribution in [-0.2, 0) is 0 Å². The number of alkyl halides is 1. The summed E-state index contributed by atoms with van der Waals surface area (Å²) in [5, 5.41) is 13.1. The van der Waals surface area contributed by atoms with E-state index < -0.39 is 18.1 Å². The maximum absolute atomic E-state index is 14.9. The van der Waals surface area contributed by atoms with Gasteiger partial charge in [0.2, 0.25) is 5.95 Å². The predicted molar refractivity (Wildman–Crippen MR) is 85.4 cm³/mol. The third-order valence-corrected chi connectivity index (χ3v) is 4.27. The van der Waals surface area contributed by atoms with Gasteiger partial charge in [0, 0.05) is 11.1 Å². The van der Waals surface area contributed by atoms with Gasteiger partial charge in [-0.15, -0.1) is 0 Å². The van der Waals surface area contributed by atoms with Gasteiger partial charge in [0.25, 0.3) is 0 Å². The monoisotopic (exact) mass is 342 g/mol. The van der Waals surface area contributed by atoms with E-state index in [0.29, 0.717) is 17.0 Å². The number of hydrogen-bond donors (Lipinski definition) is 1. The SMILES string of the molecule is COc1cccc2c1C(F)c1c-2nn(-c2ccc(C(=O)O)cc2)c1F. The molecule has 126 valence electrons. The number of nitrogens with zero attached hydrogens (tertiary/aromatic N) is 2. The molecule has 3 aromatic rings. The molecule has 0 aliphatic heterocycles. The molecule has 1 N–H and O–H groups in total. The fourth-order valence-corrected chi connectivity index (χ4v) is 3.08. The molecule has 0 saturated carbocycles. The molecule has 1 heterocycles. The molecule has 5 nitrogen and oxygen atoms in total. The average Bonchev–Trinajstić information content (AvgIpc) is 3.11. The van der Waals surface area contributed by atoms with Gasteiger partial charge in [-0.05, 0) is 30.3 Å². The van der Waals surface area contributed by atoms with Crippen LogP contribution >= 0.6 is 0 Å². The number of ether oxygens (including phenoxy) is 1. The fourth-order valence-electron chi connectivity index (χ4n) is 3.08. The summed E-state index contributed by atoms with van der Waals surface area (Å²) >= 11 is 0. The first-order valence-corrected chi connectivity index (χ1v) is 7.46. The van der Waals surface area contributed by atoms with Gasteiger partial charge in [-0.3, -0.25) is 0 Å². The maximum Gasteiger partial charge on any atom is 0.335 e. The highest BCUT2D eigenvalue weighted by Gasteiger charge is 2.38. The molecule has 1 aliphatic rings. The van der Waals surface area contributed by atoms with E-state index in [9.17, 15) is 13.6 Å². The number of carbonyl (C=O) groups is 1. The second-order valence-electron chi connectivity index (χ2n) is 5.60. The molecule has 0 amide bonds. The Labute approximate surface area is 141 Å². The Kier molecular flexibility index (Phi) is 3.31. The zero-order valence-corrected chi connectivity index (χ0v) is 13.0. The molecule has 0 spiro atoms. The first kappa shape index (κ1) is 15.3. The van der Waals surface area contributed by atoms with E-state index in [2.05, 4.69) is 5.10 Å². The minimum atomic E-state index is -1.67. The lowest BCUT2D eigenvalue weighted by molar-refractivity contribution is 0.0697. The molecule has 7 heteroatoms. The van der Waals surface area contributed by atoms with Crippen molar-refractivity contribution in [2.45, 2.75) is 6.17 Å². The molecule has 0 saturated heterocycles. The van der Waals surface area contributed by atoms with Crippen molar-refractivity contribution in [3.8, 4) is 22.7 Å². The van der Waals surface area contributed by atoms with Crippen LogP contribution < -0.4 is 4.74 Å². The smallest absolute Gasteiger partial charge is 0.335 e. The Morgan fingerprint density at radius 1 is 1.20 bits per heavy atom. The van der Waals surface area contributed by atoms with Gasteiger partial charge >= 0.3 is 5.97 Å². The van der Waals surface area contributed by atoms with Gasteiger partial charge in [0.15, 0.2) is 6.17 Å². The topological polar surface area (TPSA) is 64.4 Å². The molecule has 0 radical (unpaired) electrons. The van der Waals surface area contributed by atoms with Gasteiger partial charge in [0.05, 0.1) is 23.9 Å². The summed E-state index contributed by atoms with van der Waals surface area (Å²) in [5.74, 6) is -1.55. The predicted octanol–water partition coefficient (Wildman–Crippen LogP) is 3.76. The summed E-state index contributed by atoms with van der Waals surface area (Å²) < 4.78 is 35.8. The lowest BCUT2D eigenvalue weighted by Gasteiger charge is -2.10. The first-order chi connectivity index (χ1) is 12.0. The van der Waals surface area contributed by atoms with Crippen LogP contribution in [0.3, 0.4) is 0 Å². The van der Waals surface area contributed by atoms with E-state index in [1.54, 1.807) is 18.2 Å². The van der Waals surface area contributed by atoms with Crippen LogP contribution in [-0.4, -0.2) is 28.0 Å². The Morgan fingerprint density at radius 2 is 1.92 bits per heavy atom. The third kappa shape index (κ3) is 2.12. The van der Waals surface area contributed by atoms with E-state index in [1.807, 2.05) is 0 Å². The number of fused-ring (bicyclic) bond motifs is 3. The van der Waals surface area contributed by atoms with E-state index in [1.165, 1.54) is 31.4 Å². The van der Waals surface area contributed by atoms with Gasteiger partial charge in [-0.1, -0.05) is 12.1 Å². The number of aromatic nitrogens is 2. The molecule has 2 aromatic carbocycles. The minimum Gasteiger partial charge on any atom is -0.496 e. The fraction of sp³-hybridized carbons (Fsp3) is 0.111. The minimum absolute atomic E-state index is 0.0716. The number of methoxy groups -OCH3 is 1. The van der Waals surface area contributed by atoms with Crippen molar-refractivity contribution in [3.05, 3.63) is 65.1 Å². The van der Waals surface area contributed by atoms with Crippen molar-refractivity contribution in [2.75, 3.05) is 7.11 Å². The molecule has 0 bridgehead atoms. The average molecular weight is 342 g/mol. The molecule has 4 rings (SSSR count). The Hall–Kier alpha value is -3.22. The lowest BCUT2D eigenvalue weighted by Crippen LogP contribution is -2.04. The second-order valence-corrected chi connectivity index (χ2v) is 5.60. The summed E-state index contributed by atoms with van der Waals surface area (Å²) in [4.78, 5) is 10.9. The van der Waals surface area contributed by atoms with Gasteiger partial charge in [-0.2, -0.15) is 9.49 Å². The van der Waals surface area contributed by atoms with E-state index in [4.69, 9.17) is 9.84 Å². The molecular formula is C18H12F2N2O3. The highest BCUT2D eigenvalue weighted by atomic mass is 19.1. The summed E-state index contributed by atoms with van der Waals surface area (Å²) in [5.41, 5.74) is 1.23. The van der Waals surface area contributed by atoms with Crippen molar-refractivity contribution >= 4 is 5.97 Å². The number of hydrogen-bond acceptors (Lipinski definition) is 3. The molecule has 25 heavy (non-hydrogen) atoms. The maximum atomic E-state index is 14.9. The molecule has 1 atom stereocenters. The van der Waals surface area contributed by atoms with Crippen LogP contribution in [0, 0.1) is 5.95 Å². The summed E-state index contributed by atoms with van der Waals surface area (Å²) in [6.07, 6.45) is -1.67. The standard InChI is InChI=1S/C18H12F2N2O3/c1-25-12-4-2-3-11-13(12)15(19)14-16(11)21-22(17(14)20)10-7-5-9(6-8-10)18(23)24/h2-8,15H,1H3,(H,23,24). The van der Waals surface area contributed by atoms with E-state index >= 15 is 0 Å². The lowest BCUT2D eigenvalue weighted by atomic mass is 10.1. The first-order valence-electron chi connectivity index (χ1n) is 7.46. The molecule has 1 unspecified atom stereocenters. The summed E-state index contributed by atoms with van der Waals surface area (Å²) in [6.45, 7) is 0. The Balaban J connectivity index is 1.86. The summed E-state index contributed by atoms with van der Waals surface area (Å²) in [7, 11) is 1.43. The molecule has 1 aromatic heterocycles. The molecular weight excluding hydrogens is 330 g/mol. The number of carboxylic acid groups (broad SMARTS) is 1. The normalized spacial score (nSPS) is 14.9. The van der Waals surface area contributed by atoms with Gasteiger partial charge in [-0.25, -0.2) is 13.9 Å². The molecule has 1 aliphatic carbocycles. The third-order valence-electron chi connectivity index (χ3n) is 4.27. The van der Waals surface area contributed by atoms with Crippen LogP contribution in [0.2, 0.25) is 0 Å². The van der Waals surface area contributed by atoms with E-state index in [0.717, 1.165) is 4.68 Å². The van der Waals surface area contributed by atoms with Gasteiger partial charge in [0.1, 0.15) is 11.4 Å². The number of rotatable bonds is 3. The zero-order valence-electron chi connectivity index (χ0n) is 13.0. The second kappa shape index (κ2) is 5.41. The number of benzene rings is 2. The number of aromatic carboxylic acids is 1. The van der Waals surface area contributed by atoms with Crippen LogP contribution in [0.5, 0.6) is 5.75 Å². The van der Waals surface area contributed by atoms with Crippen molar-refractivity contribution in [3.63, 3.8) is 0 Å². The Morgan fingerprint density at radius 3 is 2.56 bits per heavy atom. The van der Waals surface area contributed by atoms with Crippen molar-refractivity contribution in [2.24, 2.45) is 0 Å². The van der Waals surface area contributed by atoms with Gasteiger partial charge < -0.3 is 9.84 Å². The van der Waals surface area contributed by atoms with Crippen molar-refractivity contribution in [1.82, 2.24) is 9.78 Å². The highest BCUT2D eigenvalue weighted by Crippen LogP contribution is 2.50. The van der Waals surface area contributed by atoms with Crippen LogP contribution in [0.4, 0.5) is 8.78 Å². The van der Waals surface area contributed by atoms with E-state index in [-0.39, 0.29) is 22.4 Å². The molecule has 0 fully saturated rings. The number of halogens is 2. The summed E-state index contributed by atoms with van der Waals surface area (Å²) in [6, 6.07) is 10.5. The quantitative estimate of drug-likeness (QED) is 0.787.